The normalized spacial score (nSPS) is 28.2. The number of amides is 3. The maximum absolute atomic E-state index is 13.6. The van der Waals surface area contributed by atoms with Crippen molar-refractivity contribution in [1.29, 1.82) is 0 Å². The zero-order valence-electron chi connectivity index (χ0n) is 19.8. The van der Waals surface area contributed by atoms with Crippen LogP contribution in [0.25, 0.3) is 0 Å². The van der Waals surface area contributed by atoms with Crippen LogP contribution in [0, 0.1) is 6.92 Å². The van der Waals surface area contributed by atoms with Crippen molar-refractivity contribution < 1.29 is 28.7 Å². The summed E-state index contributed by atoms with van der Waals surface area (Å²) < 4.78 is 10.6. The number of halogens is 1. The van der Waals surface area contributed by atoms with E-state index in [1.807, 2.05) is 12.2 Å². The molecule has 10 heteroatoms. The first-order valence-electron chi connectivity index (χ1n) is 11.9. The summed E-state index contributed by atoms with van der Waals surface area (Å²) in [6.07, 6.45) is 5.17. The highest BCUT2D eigenvalue weighted by atomic mass is 35.5. The van der Waals surface area contributed by atoms with Gasteiger partial charge in [0.15, 0.2) is 0 Å². The van der Waals surface area contributed by atoms with E-state index in [0.29, 0.717) is 42.9 Å². The average molecular weight is 504 g/mol. The van der Waals surface area contributed by atoms with E-state index >= 15 is 0 Å². The second kappa shape index (κ2) is 10.8. The Hall–Kier alpha value is -2.91. The molecule has 2 unspecified atom stereocenters. The molecule has 0 saturated carbocycles. The molecule has 3 aliphatic heterocycles. The molecule has 5 atom stereocenters. The highest BCUT2D eigenvalue weighted by molar-refractivity contribution is 6.31. The van der Waals surface area contributed by atoms with Crippen LogP contribution < -0.4 is 10.6 Å². The van der Waals surface area contributed by atoms with Gasteiger partial charge in [-0.25, -0.2) is 0 Å². The summed E-state index contributed by atoms with van der Waals surface area (Å²) in [7, 11) is 0. The lowest BCUT2D eigenvalue weighted by Crippen LogP contribution is -2.57. The Balaban J connectivity index is 1.50. The van der Waals surface area contributed by atoms with E-state index in [1.165, 1.54) is 0 Å². The number of benzene rings is 1. The van der Waals surface area contributed by atoms with Crippen molar-refractivity contribution >= 4 is 35.3 Å². The first kappa shape index (κ1) is 25.2. The molecular formula is C25H30ClN3O6. The van der Waals surface area contributed by atoms with Crippen LogP contribution in [-0.4, -0.2) is 65.7 Å². The van der Waals surface area contributed by atoms with Crippen LogP contribution in [0.1, 0.15) is 54.9 Å². The fourth-order valence-corrected chi connectivity index (χ4v) is 5.09. The van der Waals surface area contributed by atoms with Crippen LogP contribution in [0.2, 0.25) is 5.02 Å². The number of nitrogens with zero attached hydrogens (tertiary/aromatic N) is 1. The van der Waals surface area contributed by atoms with Crippen molar-refractivity contribution in [2.75, 3.05) is 6.61 Å². The molecule has 0 aromatic heterocycles. The number of ether oxygens (including phenoxy) is 2. The van der Waals surface area contributed by atoms with Crippen LogP contribution in [0.5, 0.6) is 0 Å². The van der Waals surface area contributed by atoms with Crippen LogP contribution in [0.3, 0.4) is 0 Å². The molecule has 9 nitrogen and oxygen atoms in total. The second-order valence-corrected chi connectivity index (χ2v) is 9.49. The van der Waals surface area contributed by atoms with Gasteiger partial charge >= 0.3 is 5.97 Å². The molecule has 3 amide bonds. The first-order chi connectivity index (χ1) is 16.8. The van der Waals surface area contributed by atoms with Gasteiger partial charge in [-0.1, -0.05) is 29.8 Å². The number of rotatable bonds is 6. The van der Waals surface area contributed by atoms with Gasteiger partial charge in [-0.3, -0.25) is 19.2 Å². The predicted molar refractivity (Wildman–Crippen MR) is 128 cm³/mol. The predicted octanol–water partition coefficient (Wildman–Crippen LogP) is 2.25. The molecule has 2 saturated heterocycles. The van der Waals surface area contributed by atoms with Crippen LogP contribution in [-0.2, 0) is 23.9 Å². The van der Waals surface area contributed by atoms with E-state index < -0.39 is 36.3 Å². The topological polar surface area (TPSA) is 114 Å². The van der Waals surface area contributed by atoms with Gasteiger partial charge in [0.1, 0.15) is 18.1 Å². The lowest BCUT2D eigenvalue weighted by Gasteiger charge is -2.34. The summed E-state index contributed by atoms with van der Waals surface area (Å²) in [5.41, 5.74) is 1.14. The third kappa shape index (κ3) is 5.51. The minimum atomic E-state index is -0.840. The summed E-state index contributed by atoms with van der Waals surface area (Å²) in [6, 6.07) is 2.75. The van der Waals surface area contributed by atoms with E-state index in [9.17, 15) is 19.2 Å². The average Bonchev–Trinajstić information content (AvgIpc) is 3.38. The van der Waals surface area contributed by atoms with Gasteiger partial charge in [0.25, 0.3) is 5.91 Å². The van der Waals surface area contributed by atoms with Crippen molar-refractivity contribution in [3.8, 4) is 0 Å². The lowest BCUT2D eigenvalue weighted by atomic mass is 10.0. The smallest absolute Gasteiger partial charge is 0.310 e. The zero-order valence-corrected chi connectivity index (χ0v) is 20.5. The number of nitrogens with one attached hydrogen (secondary N) is 2. The van der Waals surface area contributed by atoms with Gasteiger partial charge in [0.2, 0.25) is 18.1 Å². The van der Waals surface area contributed by atoms with Gasteiger partial charge in [0.05, 0.1) is 6.42 Å². The molecule has 0 bridgehead atoms. The van der Waals surface area contributed by atoms with E-state index in [1.54, 1.807) is 36.9 Å². The highest BCUT2D eigenvalue weighted by Crippen LogP contribution is 2.30. The number of hydrogen-bond donors (Lipinski definition) is 2. The molecule has 2 N–H and O–H groups in total. The van der Waals surface area contributed by atoms with Crippen LogP contribution >= 0.6 is 11.6 Å². The second-order valence-electron chi connectivity index (χ2n) is 9.05. The summed E-state index contributed by atoms with van der Waals surface area (Å²) in [5, 5.41) is 6.12. The quantitative estimate of drug-likeness (QED) is 0.454. The Morgan fingerprint density at radius 1 is 1.17 bits per heavy atom. The number of carbonyl (C=O) groups is 4. The van der Waals surface area contributed by atoms with Crippen LogP contribution in [0.15, 0.2) is 30.4 Å². The number of carbonyl (C=O) groups excluding carboxylic acids is 4. The molecule has 0 spiro atoms. The lowest BCUT2D eigenvalue weighted by molar-refractivity contribution is -0.164. The van der Waals surface area contributed by atoms with E-state index in [-0.39, 0.29) is 24.3 Å². The van der Waals surface area contributed by atoms with E-state index in [4.69, 9.17) is 21.1 Å². The maximum atomic E-state index is 13.6. The maximum Gasteiger partial charge on any atom is 0.310 e. The monoisotopic (exact) mass is 503 g/mol. The molecule has 1 aromatic rings. The fraction of sp³-hybridized carbons (Fsp3) is 0.520. The molecule has 1 aromatic carbocycles. The van der Waals surface area contributed by atoms with Crippen molar-refractivity contribution in [3.05, 3.63) is 46.5 Å². The summed E-state index contributed by atoms with van der Waals surface area (Å²) in [4.78, 5) is 53.2. The minimum absolute atomic E-state index is 0.0148. The molecule has 35 heavy (non-hydrogen) atoms. The zero-order chi connectivity index (χ0) is 25.1. The van der Waals surface area contributed by atoms with Crippen molar-refractivity contribution in [3.63, 3.8) is 0 Å². The molecule has 3 heterocycles. The summed E-state index contributed by atoms with van der Waals surface area (Å²) in [5.74, 6) is -1.49. The number of hydrogen-bond acceptors (Lipinski definition) is 6. The van der Waals surface area contributed by atoms with E-state index in [0.717, 1.165) is 5.56 Å². The molecule has 0 radical (unpaired) electrons. The number of esters is 1. The van der Waals surface area contributed by atoms with Gasteiger partial charge in [-0.2, -0.15) is 0 Å². The Kier molecular flexibility index (Phi) is 7.76. The third-order valence-electron chi connectivity index (χ3n) is 6.68. The van der Waals surface area contributed by atoms with Gasteiger partial charge in [-0.05, 0) is 57.2 Å². The molecular weight excluding hydrogens is 474 g/mol. The fourth-order valence-electron chi connectivity index (χ4n) is 4.92. The Morgan fingerprint density at radius 2 is 1.94 bits per heavy atom. The minimum Gasteiger partial charge on any atom is -0.433 e. The van der Waals surface area contributed by atoms with Crippen molar-refractivity contribution in [1.82, 2.24) is 15.5 Å². The van der Waals surface area contributed by atoms with Crippen molar-refractivity contribution in [2.24, 2.45) is 0 Å². The van der Waals surface area contributed by atoms with Crippen LogP contribution in [0.4, 0.5) is 0 Å². The molecule has 188 valence electrons. The van der Waals surface area contributed by atoms with Crippen molar-refractivity contribution in [2.45, 2.75) is 76.4 Å². The SMILES string of the molecule is CCOC1OC(=O)CC1NC(=O)[C@@H]1CC[C@H]2CC=CC[C@H](NC(=O)c3cc(Cl)ccc3C)C(=O)N21. The Bertz CT molecular complexity index is 1040. The number of aryl methyl sites for hydroxylation is 1. The number of cyclic esters (lactones) is 1. The Morgan fingerprint density at radius 3 is 2.71 bits per heavy atom. The molecule has 4 rings (SSSR count). The standard InChI is InChI=1S/C25H30ClN3O6/c1-3-34-25-19(13-21(30)35-25)28-23(32)20-11-10-16-6-4-5-7-18(24(33)29(16)20)27-22(31)17-12-15(26)9-8-14(17)2/h4-5,8-9,12,16,18-20,25H,3,6-7,10-11,13H2,1-2H3,(H,27,31)(H,28,32)/t16-,18+,19?,20+,25?/m1/s1. The number of fused-ring (bicyclic) bond motifs is 1. The first-order valence-corrected chi connectivity index (χ1v) is 12.3. The molecule has 2 fully saturated rings. The van der Waals surface area contributed by atoms with E-state index in [2.05, 4.69) is 10.6 Å². The molecule has 3 aliphatic rings. The van der Waals surface area contributed by atoms with Gasteiger partial charge < -0.3 is 25.0 Å². The largest absolute Gasteiger partial charge is 0.433 e. The molecule has 0 aliphatic carbocycles. The highest BCUT2D eigenvalue weighted by Gasteiger charge is 2.45. The van der Waals surface area contributed by atoms with Gasteiger partial charge in [-0.15, -0.1) is 0 Å². The summed E-state index contributed by atoms with van der Waals surface area (Å²) >= 11 is 6.07. The van der Waals surface area contributed by atoms with Gasteiger partial charge in [0, 0.05) is 23.2 Å². The Labute approximate surface area is 209 Å². The third-order valence-corrected chi connectivity index (χ3v) is 6.91. The summed E-state index contributed by atoms with van der Waals surface area (Å²) in [6.45, 7) is 3.91.